The van der Waals surface area contributed by atoms with E-state index in [1.807, 2.05) is 6.07 Å². The van der Waals surface area contributed by atoms with Gasteiger partial charge in [0.05, 0.1) is 11.1 Å². The molecule has 2 aromatic carbocycles. The third-order valence-electron chi connectivity index (χ3n) is 3.03. The summed E-state index contributed by atoms with van der Waals surface area (Å²) in [5.74, 6) is -5.49. The summed E-state index contributed by atoms with van der Waals surface area (Å²) in [4.78, 5) is 40.8. The topological polar surface area (TPSA) is 204 Å². The molecule has 0 atom stereocenters. The summed E-state index contributed by atoms with van der Waals surface area (Å²) in [6.07, 6.45) is 0. The van der Waals surface area contributed by atoms with Crippen LogP contribution in [0.4, 0.5) is 0 Å². The van der Waals surface area contributed by atoms with Crippen LogP contribution in [0.15, 0.2) is 41.3 Å². The third kappa shape index (κ3) is 7.29. The van der Waals surface area contributed by atoms with Crippen LogP contribution < -0.4 is 29.6 Å². The first-order valence-electron chi connectivity index (χ1n) is 6.91. The molecule has 0 bridgehead atoms. The molecular weight excluding hydrogens is 423 g/mol. The first-order valence-corrected chi connectivity index (χ1v) is 8.35. The van der Waals surface area contributed by atoms with Crippen LogP contribution in [-0.4, -0.2) is 57.3 Å². The van der Waals surface area contributed by atoms with Gasteiger partial charge in [-0.1, -0.05) is 0 Å². The Hall–Kier alpha value is -2.77. The number of carboxylic acid groups (broad SMARTS) is 4. The fourth-order valence-electron chi connectivity index (χ4n) is 1.83. The smallest absolute Gasteiger partial charge is 0.521 e. The average molecular weight is 434 g/mol. The number of aromatic carboxylic acids is 4. The predicted octanol–water partition coefficient (Wildman–Crippen LogP) is -1.78. The Bertz CT molecular complexity index is 978. The van der Waals surface area contributed by atoms with Gasteiger partial charge in [0.15, 0.2) is 0 Å². The second-order valence-corrected chi connectivity index (χ2v) is 6.23. The van der Waals surface area contributed by atoms with Crippen LogP contribution in [0.1, 0.15) is 41.4 Å². The molecule has 148 valence electrons. The van der Waals surface area contributed by atoms with Gasteiger partial charge in [-0.3, -0.25) is 4.55 Å². The Morgan fingerprint density at radius 3 is 1.41 bits per heavy atom. The summed E-state index contributed by atoms with van der Waals surface area (Å²) < 4.78 is 30.6. The summed E-state index contributed by atoms with van der Waals surface area (Å²) in [6, 6.07) is 8.84. The second-order valence-electron chi connectivity index (χ2n) is 4.87. The Labute approximate surface area is 185 Å². The van der Waals surface area contributed by atoms with Crippen LogP contribution >= 0.6 is 0 Å². The van der Waals surface area contributed by atoms with Gasteiger partial charge in [0, 0.05) is 4.90 Å². The number of rotatable bonds is 5. The van der Waals surface area contributed by atoms with E-state index in [0.717, 1.165) is 12.1 Å². The number of benzene rings is 2. The number of carboxylic acids is 4. The van der Waals surface area contributed by atoms with Crippen LogP contribution in [0, 0.1) is 6.07 Å². The zero-order valence-electron chi connectivity index (χ0n) is 14.6. The Morgan fingerprint density at radius 2 is 1.14 bits per heavy atom. The van der Waals surface area contributed by atoms with Crippen molar-refractivity contribution in [2.24, 2.45) is 0 Å². The molecule has 13 heteroatoms. The van der Waals surface area contributed by atoms with Crippen molar-refractivity contribution in [1.29, 1.82) is 0 Å². The molecule has 0 radical (unpaired) electrons. The fourth-order valence-corrected chi connectivity index (χ4v) is 2.67. The van der Waals surface area contributed by atoms with Gasteiger partial charge in [-0.15, -0.1) is 18.2 Å². The van der Waals surface area contributed by atoms with Crippen LogP contribution in [0.3, 0.4) is 0 Å². The maximum absolute atomic E-state index is 10.9. The molecule has 0 saturated heterocycles. The normalized spacial score (nSPS) is 9.97. The molecule has 2 aromatic rings. The van der Waals surface area contributed by atoms with E-state index >= 15 is 0 Å². The van der Waals surface area contributed by atoms with Gasteiger partial charge in [-0.05, 0) is 35.4 Å². The summed E-state index contributed by atoms with van der Waals surface area (Å²) in [6.45, 7) is 0. The summed E-state index contributed by atoms with van der Waals surface area (Å²) >= 11 is 0. The number of carbonyl (C=O) groups is 4. The van der Waals surface area contributed by atoms with Crippen LogP contribution in [-0.2, 0) is 10.1 Å². The van der Waals surface area contributed by atoms with Crippen molar-refractivity contribution in [1.82, 2.24) is 0 Å². The van der Waals surface area contributed by atoms with Crippen LogP contribution in [0.2, 0.25) is 0 Å². The largest absolute Gasteiger partial charge is 1.00 e. The minimum atomic E-state index is -4.95. The quantitative estimate of drug-likeness (QED) is 0.202. The molecule has 0 aliphatic carbocycles. The van der Waals surface area contributed by atoms with Crippen molar-refractivity contribution < 1.29 is 82.1 Å². The zero-order valence-corrected chi connectivity index (χ0v) is 17.4. The summed E-state index contributed by atoms with van der Waals surface area (Å²) in [5, 5.41) is 34.2. The van der Waals surface area contributed by atoms with E-state index in [2.05, 4.69) is 0 Å². The van der Waals surface area contributed by atoms with E-state index < -0.39 is 50.0 Å². The molecule has 0 saturated carbocycles. The standard InChI is InChI=1S/C8H5O7S.C8H6O4.Na/c9-7(10)4-2-1-3-5(8(11)12)6(4)16(13,14)15;9-7(10)5-1-2-6(4-3-5)8(11)12;/h1-2H,(H,9,10)(H,11,12)(H,13,14,15);1-4H,(H,9,10)(H,11,12);/q-1;;+1. The maximum Gasteiger partial charge on any atom is 1.00 e. The molecule has 0 aliphatic heterocycles. The fraction of sp³-hybridized carbons (Fsp3) is 0. The zero-order chi connectivity index (χ0) is 21.6. The number of hydrogen-bond acceptors (Lipinski definition) is 6. The molecule has 5 N–H and O–H groups in total. The second kappa shape index (κ2) is 10.7. The monoisotopic (exact) mass is 434 g/mol. The van der Waals surface area contributed by atoms with Crippen molar-refractivity contribution >= 4 is 34.0 Å². The van der Waals surface area contributed by atoms with Crippen molar-refractivity contribution in [2.45, 2.75) is 4.90 Å². The van der Waals surface area contributed by atoms with Gasteiger partial charge in [-0.25, -0.2) is 22.8 Å². The van der Waals surface area contributed by atoms with Crippen molar-refractivity contribution in [3.63, 3.8) is 0 Å². The van der Waals surface area contributed by atoms with Gasteiger partial charge in [0.1, 0.15) is 0 Å². The van der Waals surface area contributed by atoms with Crippen molar-refractivity contribution in [2.75, 3.05) is 0 Å². The molecule has 29 heavy (non-hydrogen) atoms. The van der Waals surface area contributed by atoms with Gasteiger partial charge in [0.25, 0.3) is 10.1 Å². The molecule has 0 amide bonds. The first kappa shape index (κ1) is 26.2. The minimum Gasteiger partial charge on any atom is -0.521 e. The Morgan fingerprint density at radius 1 is 0.724 bits per heavy atom. The van der Waals surface area contributed by atoms with E-state index in [1.54, 1.807) is 0 Å². The molecule has 0 fully saturated rings. The molecule has 0 aromatic heterocycles. The molecule has 0 aliphatic rings. The van der Waals surface area contributed by atoms with Gasteiger partial charge >= 0.3 is 47.5 Å². The predicted molar refractivity (Wildman–Crippen MR) is 89.4 cm³/mol. The SMILES string of the molecule is O=C(O)c1[c-]ccc(C(=O)O)c1S(=O)(=O)O.O=C(O)c1ccc(C(=O)O)cc1.[Na+]. The minimum absolute atomic E-state index is 0. The molecule has 11 nitrogen and oxygen atoms in total. The van der Waals surface area contributed by atoms with Gasteiger partial charge < -0.3 is 25.2 Å². The molecule has 0 spiro atoms. The molecule has 2 rings (SSSR count). The van der Waals surface area contributed by atoms with E-state index in [4.69, 9.17) is 25.0 Å². The number of hydrogen-bond donors (Lipinski definition) is 5. The first-order chi connectivity index (χ1) is 12.9. The van der Waals surface area contributed by atoms with Crippen LogP contribution in [0.25, 0.3) is 0 Å². The van der Waals surface area contributed by atoms with E-state index in [1.165, 1.54) is 24.3 Å². The van der Waals surface area contributed by atoms with E-state index in [0.29, 0.717) is 0 Å². The maximum atomic E-state index is 10.9. The summed E-state index contributed by atoms with van der Waals surface area (Å²) in [7, 11) is -4.95. The molecular formula is C16H11NaO11S. The van der Waals surface area contributed by atoms with Crippen molar-refractivity contribution in [3.05, 3.63) is 64.7 Å². The Balaban J connectivity index is 0.000000542. The van der Waals surface area contributed by atoms with E-state index in [-0.39, 0.29) is 40.7 Å². The molecule has 0 unspecified atom stereocenters. The van der Waals surface area contributed by atoms with E-state index in [9.17, 15) is 27.6 Å². The summed E-state index contributed by atoms with van der Waals surface area (Å²) in [5.41, 5.74) is -1.57. The third-order valence-corrected chi connectivity index (χ3v) is 3.97. The van der Waals surface area contributed by atoms with Crippen LogP contribution in [0.5, 0.6) is 0 Å². The van der Waals surface area contributed by atoms with Crippen molar-refractivity contribution in [3.8, 4) is 0 Å². The molecule has 0 heterocycles. The average Bonchev–Trinajstić information content (AvgIpc) is 2.60. The van der Waals surface area contributed by atoms with Gasteiger partial charge in [0.2, 0.25) is 5.97 Å². The Kier molecular flexibility index (Phi) is 9.67. The van der Waals surface area contributed by atoms with Gasteiger partial charge in [-0.2, -0.15) is 0 Å².